The minimum Gasteiger partial charge on any atom is -1.00 e. The summed E-state index contributed by atoms with van der Waals surface area (Å²) in [6, 6.07) is 4.41. The number of hydrogen-bond donors (Lipinski definition) is 0. The maximum absolute atomic E-state index is 2.99. The molecule has 0 bridgehead atoms. The molecule has 0 atom stereocenters. The molecule has 1 aliphatic rings. The van der Waals surface area contributed by atoms with Crippen LogP contribution in [0.3, 0.4) is 0 Å². The predicted octanol–water partition coefficient (Wildman–Crippen LogP) is -1.11. The molecule has 0 aromatic heterocycles. The van der Waals surface area contributed by atoms with Gasteiger partial charge in [-0.25, -0.2) is 12.2 Å². The zero-order chi connectivity index (χ0) is 12.8. The van der Waals surface area contributed by atoms with Crippen LogP contribution in [0.2, 0.25) is 0 Å². The first-order valence-corrected chi connectivity index (χ1v) is 6.13. The molecular weight excluding hydrogens is 323 g/mol. The summed E-state index contributed by atoms with van der Waals surface area (Å²) in [7, 11) is 0. The first-order valence-electron chi connectivity index (χ1n) is 6.13. The summed E-state index contributed by atoms with van der Waals surface area (Å²) in [6.45, 7) is 10.9. The molecule has 2 rings (SSSR count). The van der Waals surface area contributed by atoms with Crippen LogP contribution in [0.25, 0.3) is 0 Å². The standard InChI is InChI=1S/C12H17.C5H5.2ClH.Ti/c1-8(2)12-7-6-9(3)10(4)11(12)5;1-2-4-5-3-1;;;/h6-7H,1-5H3;1-3H,4H2;2*1H;/q2*-1;;;+4/p-2. The molecule has 1 aromatic rings. The van der Waals surface area contributed by atoms with Gasteiger partial charge in [-0.15, -0.1) is 23.6 Å². The van der Waals surface area contributed by atoms with Gasteiger partial charge in [0, 0.05) is 0 Å². The molecule has 108 valence electrons. The van der Waals surface area contributed by atoms with Gasteiger partial charge in [0.15, 0.2) is 0 Å². The molecule has 0 heterocycles. The van der Waals surface area contributed by atoms with Crippen LogP contribution < -0.4 is 24.8 Å². The summed E-state index contributed by atoms with van der Waals surface area (Å²) < 4.78 is 0. The summed E-state index contributed by atoms with van der Waals surface area (Å²) in [6.07, 6.45) is 10.0. The molecule has 0 fully saturated rings. The van der Waals surface area contributed by atoms with Crippen LogP contribution in [0, 0.1) is 32.8 Å². The second kappa shape index (κ2) is 12.6. The van der Waals surface area contributed by atoms with Crippen molar-refractivity contribution in [2.24, 2.45) is 0 Å². The van der Waals surface area contributed by atoms with Crippen LogP contribution in [-0.2, 0) is 21.7 Å². The summed E-state index contributed by atoms with van der Waals surface area (Å²) in [5.74, 6) is 1.40. The van der Waals surface area contributed by atoms with E-state index in [9.17, 15) is 0 Å². The van der Waals surface area contributed by atoms with E-state index in [2.05, 4.69) is 58.9 Å². The molecule has 3 heteroatoms. The third-order valence-corrected chi connectivity index (χ3v) is 3.18. The second-order valence-electron chi connectivity index (χ2n) is 4.68. The van der Waals surface area contributed by atoms with Crippen LogP contribution in [0.5, 0.6) is 0 Å². The van der Waals surface area contributed by atoms with Crippen molar-refractivity contribution in [3.8, 4) is 0 Å². The Kier molecular flexibility index (Phi) is 15.7. The first kappa shape index (κ1) is 24.9. The summed E-state index contributed by atoms with van der Waals surface area (Å²) in [4.78, 5) is 0. The van der Waals surface area contributed by atoms with Crippen LogP contribution in [0.4, 0.5) is 0 Å². The van der Waals surface area contributed by atoms with Crippen LogP contribution >= 0.6 is 0 Å². The molecule has 20 heavy (non-hydrogen) atoms. The fourth-order valence-electron chi connectivity index (χ4n) is 1.84. The fraction of sp³-hybridized carbons (Fsp3) is 0.353. The van der Waals surface area contributed by atoms with Gasteiger partial charge in [0.25, 0.3) is 0 Å². The summed E-state index contributed by atoms with van der Waals surface area (Å²) in [5, 5.41) is 0. The predicted molar refractivity (Wildman–Crippen MR) is 75.9 cm³/mol. The zero-order valence-electron chi connectivity index (χ0n) is 12.8. The van der Waals surface area contributed by atoms with E-state index >= 15 is 0 Å². The first-order chi connectivity index (χ1) is 8.04. The average molecular weight is 345 g/mol. The van der Waals surface area contributed by atoms with Gasteiger partial charge in [0.2, 0.25) is 0 Å². The van der Waals surface area contributed by atoms with Crippen molar-refractivity contribution in [3.05, 3.63) is 64.6 Å². The topological polar surface area (TPSA) is 0 Å². The number of rotatable bonds is 1. The van der Waals surface area contributed by atoms with Gasteiger partial charge in [-0.1, -0.05) is 33.3 Å². The summed E-state index contributed by atoms with van der Waals surface area (Å²) in [5.41, 5.74) is 5.64. The Bertz CT molecular complexity index is 425. The molecule has 1 aromatic carbocycles. The van der Waals surface area contributed by atoms with Gasteiger partial charge in [-0.2, -0.15) is 23.6 Å². The Morgan fingerprint density at radius 1 is 1.00 bits per heavy atom. The van der Waals surface area contributed by atoms with Gasteiger partial charge < -0.3 is 24.8 Å². The molecule has 0 saturated heterocycles. The van der Waals surface area contributed by atoms with E-state index < -0.39 is 0 Å². The maximum atomic E-state index is 2.99. The van der Waals surface area contributed by atoms with Gasteiger partial charge in [0.05, 0.1) is 0 Å². The molecule has 0 amide bonds. The van der Waals surface area contributed by atoms with Crippen LogP contribution in [0.15, 0.2) is 30.4 Å². The third-order valence-electron chi connectivity index (χ3n) is 3.18. The monoisotopic (exact) mass is 344 g/mol. The molecule has 0 spiro atoms. The van der Waals surface area contributed by atoms with E-state index in [1.54, 1.807) is 0 Å². The molecular formula is C17H22Cl2Ti. The molecule has 1 aliphatic carbocycles. The van der Waals surface area contributed by atoms with E-state index in [1.165, 1.54) is 28.2 Å². The Balaban J connectivity index is -0.000000312. The zero-order valence-corrected chi connectivity index (χ0v) is 15.9. The smallest absolute Gasteiger partial charge is 1.00 e. The van der Waals surface area contributed by atoms with Crippen molar-refractivity contribution in [1.82, 2.24) is 0 Å². The normalized spacial score (nSPS) is 10.4. The van der Waals surface area contributed by atoms with Crippen LogP contribution in [-0.4, -0.2) is 0 Å². The van der Waals surface area contributed by atoms with E-state index in [-0.39, 0.29) is 46.5 Å². The third kappa shape index (κ3) is 7.59. The van der Waals surface area contributed by atoms with Gasteiger partial charge in [0.1, 0.15) is 0 Å². The van der Waals surface area contributed by atoms with Crippen molar-refractivity contribution in [1.29, 1.82) is 0 Å². The van der Waals surface area contributed by atoms with Gasteiger partial charge in [-0.05, 0) is 6.92 Å². The van der Waals surface area contributed by atoms with Crippen molar-refractivity contribution in [2.75, 3.05) is 0 Å². The Labute approximate surface area is 151 Å². The van der Waals surface area contributed by atoms with E-state index in [0.717, 1.165) is 6.42 Å². The minimum atomic E-state index is 0. The number of hydrogen-bond acceptors (Lipinski definition) is 0. The van der Waals surface area contributed by atoms with Gasteiger partial charge in [-0.3, -0.25) is 6.08 Å². The van der Waals surface area contributed by atoms with E-state index in [1.807, 2.05) is 12.2 Å². The van der Waals surface area contributed by atoms with Crippen molar-refractivity contribution >= 4 is 0 Å². The Morgan fingerprint density at radius 2 is 1.60 bits per heavy atom. The molecule has 0 saturated carbocycles. The SMILES string of the molecule is Cc1ccc([C-](C)C)c(C)c1C.[C-]1=CC=CC1.[Cl-].[Cl-].[Ti+4]. The molecule has 0 unspecified atom stereocenters. The number of aryl methyl sites for hydroxylation is 1. The molecule has 0 radical (unpaired) electrons. The van der Waals surface area contributed by atoms with Crippen molar-refractivity contribution < 1.29 is 46.5 Å². The largest absolute Gasteiger partial charge is 4.00 e. The Morgan fingerprint density at radius 3 is 1.95 bits per heavy atom. The number of benzene rings is 1. The van der Waals surface area contributed by atoms with Gasteiger partial charge >= 0.3 is 21.7 Å². The molecule has 0 N–H and O–H groups in total. The number of halogens is 2. The summed E-state index contributed by atoms with van der Waals surface area (Å²) >= 11 is 0. The average Bonchev–Trinajstić information content (AvgIpc) is 2.84. The van der Waals surface area contributed by atoms with Crippen LogP contribution in [0.1, 0.15) is 42.5 Å². The molecule has 0 aliphatic heterocycles. The maximum Gasteiger partial charge on any atom is 4.00 e. The number of allylic oxidation sites excluding steroid dienone is 4. The van der Waals surface area contributed by atoms with Crippen molar-refractivity contribution in [3.63, 3.8) is 0 Å². The minimum absolute atomic E-state index is 0. The Hall–Kier alpha value is -0.136. The fourth-order valence-corrected chi connectivity index (χ4v) is 1.84. The van der Waals surface area contributed by atoms with E-state index in [0.29, 0.717) is 0 Å². The van der Waals surface area contributed by atoms with E-state index in [4.69, 9.17) is 0 Å². The second-order valence-corrected chi connectivity index (χ2v) is 4.68. The quantitative estimate of drug-likeness (QED) is 0.447. The molecule has 0 nitrogen and oxygen atoms in total. The van der Waals surface area contributed by atoms with Crippen molar-refractivity contribution in [2.45, 2.75) is 41.0 Å².